The Morgan fingerprint density at radius 3 is 1.76 bits per heavy atom. The summed E-state index contributed by atoms with van der Waals surface area (Å²) in [6, 6.07) is 0.215. The van der Waals surface area contributed by atoms with Gasteiger partial charge in [0.2, 0.25) is 11.9 Å². The molecule has 4 aromatic heterocycles. The van der Waals surface area contributed by atoms with Crippen molar-refractivity contribution in [2.75, 3.05) is 55.8 Å². The summed E-state index contributed by atoms with van der Waals surface area (Å²) in [6.45, 7) is 2.05. The molecule has 4 aliphatic rings. The Hall–Kier alpha value is -3.99. The van der Waals surface area contributed by atoms with Gasteiger partial charge in [-0.1, -0.05) is 35.9 Å². The fourth-order valence-electron chi connectivity index (χ4n) is 5.56. The first-order valence-corrected chi connectivity index (χ1v) is 15.1. The van der Waals surface area contributed by atoms with Crippen LogP contribution < -0.4 is 21.7 Å². The number of nitrogens with two attached hydrogens (primary N) is 2. The van der Waals surface area contributed by atoms with E-state index in [-0.39, 0.29) is 54.2 Å². The number of aliphatic hydroxyl groups excluding tert-OH is 2. The number of hydrogen-bond acceptors (Lipinski definition) is 12. The molecule has 2 aliphatic carbocycles. The lowest BCUT2D eigenvalue weighted by atomic mass is 10.1. The van der Waals surface area contributed by atoms with Crippen LogP contribution in [0.25, 0.3) is 22.3 Å². The van der Waals surface area contributed by atoms with Crippen LogP contribution in [0.15, 0.2) is 37.0 Å². The summed E-state index contributed by atoms with van der Waals surface area (Å²) >= 11 is 5.97. The van der Waals surface area contributed by atoms with Gasteiger partial charge >= 0.3 is 0 Å². The zero-order chi connectivity index (χ0) is 31.7. The van der Waals surface area contributed by atoms with Crippen molar-refractivity contribution in [1.29, 1.82) is 0 Å². The van der Waals surface area contributed by atoms with E-state index in [9.17, 15) is 13.9 Å². The number of aliphatic hydroxyl groups is 2. The van der Waals surface area contributed by atoms with Gasteiger partial charge in [0.15, 0.2) is 27.8 Å². The van der Waals surface area contributed by atoms with Crippen molar-refractivity contribution in [3.05, 3.63) is 42.1 Å². The second-order valence-electron chi connectivity index (χ2n) is 11.4. The molecule has 0 spiro atoms. The lowest BCUT2D eigenvalue weighted by Gasteiger charge is -2.35. The number of allylic oxidation sites excluding steroid dienone is 2. The van der Waals surface area contributed by atoms with Gasteiger partial charge in [0.25, 0.3) is 0 Å². The largest absolute Gasteiger partial charge is 0.396 e. The number of alkyl halides is 2. The molecule has 240 valence electrons. The first kappa shape index (κ1) is 31.0. The van der Waals surface area contributed by atoms with E-state index in [0.717, 1.165) is 12.8 Å². The first-order chi connectivity index (χ1) is 21.7. The number of nitrogen functional groups attached to an aromatic ring is 2. The molecule has 0 bridgehead atoms. The fraction of sp³-hybridized carbons (Fsp3) is 0.500. The van der Waals surface area contributed by atoms with Crippen molar-refractivity contribution in [2.24, 2.45) is 11.8 Å². The number of aromatic nitrogens is 8. The van der Waals surface area contributed by atoms with Gasteiger partial charge in [-0.05, 0) is 12.8 Å². The number of fused-ring (bicyclic) bond motifs is 2. The third-order valence-electron chi connectivity index (χ3n) is 8.17. The highest BCUT2D eigenvalue weighted by molar-refractivity contribution is 6.33. The smallest absolute Gasteiger partial charge is 0.224 e. The van der Waals surface area contributed by atoms with E-state index < -0.39 is 12.3 Å². The number of hydrogen-bond donors (Lipinski definition) is 5. The average Bonchev–Trinajstić information content (AvgIpc) is 3.80. The van der Waals surface area contributed by atoms with E-state index in [2.05, 4.69) is 35.2 Å². The van der Waals surface area contributed by atoms with Crippen LogP contribution in [-0.4, -0.2) is 101 Å². The Labute approximate surface area is 261 Å². The number of imidazole rings is 2. The maximum absolute atomic E-state index is 13.1. The molecule has 45 heavy (non-hydrogen) atoms. The standard InChI is InChI=1S/C14H17FN6O.C11H12ClN5O.C3H6FN/c15-9-4-20(5-9)12-11-13(19-14(16)18-12)21(7-17-11)10-2-1-8(3-10)6-22;12-9-8-10(16-11(13)15-9)17(5-14-8)7-2-1-6(3-7)4-18;4-3-1-5-2-3/h1-2,7-10,22H,3-6H2,(H2,16,18,19);1-2,5-7,18H,3-4H2,(H2,13,15,16);3,5H,1-2H2/t8-,10+;6-,7+;/m11./s1. The quantitative estimate of drug-likeness (QED) is 0.156. The van der Waals surface area contributed by atoms with E-state index in [4.69, 9.17) is 28.2 Å². The van der Waals surface area contributed by atoms with Gasteiger partial charge in [-0.2, -0.15) is 19.9 Å². The Morgan fingerprint density at radius 2 is 1.29 bits per heavy atom. The number of halogens is 3. The van der Waals surface area contributed by atoms with E-state index in [1.807, 2.05) is 38.3 Å². The van der Waals surface area contributed by atoms with Crippen LogP contribution in [0.4, 0.5) is 26.5 Å². The van der Waals surface area contributed by atoms with Crippen LogP contribution in [0, 0.1) is 11.8 Å². The highest BCUT2D eigenvalue weighted by Crippen LogP contribution is 2.34. The third-order valence-corrected chi connectivity index (χ3v) is 8.43. The van der Waals surface area contributed by atoms with Gasteiger partial charge in [-0.3, -0.25) is 0 Å². The zero-order valence-corrected chi connectivity index (χ0v) is 25.0. The molecular weight excluding hydrogens is 610 g/mol. The summed E-state index contributed by atoms with van der Waals surface area (Å²) in [5, 5.41) is 21.4. The van der Waals surface area contributed by atoms with Crippen molar-refractivity contribution in [3.8, 4) is 0 Å². The molecule has 0 aromatic carbocycles. The Kier molecular flexibility index (Phi) is 9.07. The minimum absolute atomic E-state index is 0.0922. The number of nitrogens with one attached hydrogen (secondary N) is 1. The maximum Gasteiger partial charge on any atom is 0.224 e. The lowest BCUT2D eigenvalue weighted by Crippen LogP contribution is -2.49. The van der Waals surface area contributed by atoms with E-state index in [1.165, 1.54) is 0 Å². The van der Waals surface area contributed by atoms with Crippen molar-refractivity contribution in [2.45, 2.75) is 37.3 Å². The predicted molar refractivity (Wildman–Crippen MR) is 166 cm³/mol. The van der Waals surface area contributed by atoms with Crippen LogP contribution >= 0.6 is 11.6 Å². The predicted octanol–water partition coefficient (Wildman–Crippen LogP) is 1.78. The first-order valence-electron chi connectivity index (χ1n) is 14.7. The fourth-order valence-corrected chi connectivity index (χ4v) is 5.78. The summed E-state index contributed by atoms with van der Waals surface area (Å²) in [7, 11) is 0. The van der Waals surface area contributed by atoms with E-state index in [0.29, 0.717) is 54.3 Å². The molecule has 0 saturated carbocycles. The lowest BCUT2D eigenvalue weighted by molar-refractivity contribution is 0.237. The minimum Gasteiger partial charge on any atom is -0.396 e. The number of anilines is 3. The molecule has 7 N–H and O–H groups in total. The van der Waals surface area contributed by atoms with Crippen molar-refractivity contribution >= 4 is 51.6 Å². The second kappa shape index (κ2) is 13.2. The minimum atomic E-state index is -0.823. The molecule has 6 heterocycles. The molecule has 2 saturated heterocycles. The van der Waals surface area contributed by atoms with Gasteiger partial charge in [0, 0.05) is 38.1 Å². The van der Waals surface area contributed by atoms with Gasteiger partial charge in [0.1, 0.15) is 17.9 Å². The Balaban J connectivity index is 0.000000139. The second-order valence-corrected chi connectivity index (χ2v) is 11.8. The molecule has 4 aromatic rings. The molecule has 0 radical (unpaired) electrons. The summed E-state index contributed by atoms with van der Waals surface area (Å²) < 4.78 is 28.4. The average molecular weight is 645 g/mol. The molecule has 4 atom stereocenters. The molecule has 0 unspecified atom stereocenters. The maximum atomic E-state index is 13.1. The topological polar surface area (TPSA) is 195 Å². The van der Waals surface area contributed by atoms with Crippen LogP contribution in [0.1, 0.15) is 24.9 Å². The van der Waals surface area contributed by atoms with Crippen LogP contribution in [0.2, 0.25) is 5.15 Å². The van der Waals surface area contributed by atoms with Crippen LogP contribution in [-0.2, 0) is 0 Å². The van der Waals surface area contributed by atoms with Crippen LogP contribution in [0.5, 0.6) is 0 Å². The number of rotatable bonds is 5. The Morgan fingerprint density at radius 1 is 0.778 bits per heavy atom. The molecule has 2 fully saturated rings. The van der Waals surface area contributed by atoms with E-state index >= 15 is 0 Å². The van der Waals surface area contributed by atoms with Gasteiger partial charge in [-0.25, -0.2) is 18.7 Å². The molecule has 17 heteroatoms. The summed E-state index contributed by atoms with van der Waals surface area (Å²) in [6.07, 6.45) is 11.7. The molecular formula is C28H35ClF2N12O2. The summed E-state index contributed by atoms with van der Waals surface area (Å²) in [5.74, 6) is 1.23. The molecule has 0 amide bonds. The Bertz CT molecular complexity index is 1700. The third kappa shape index (κ3) is 6.54. The van der Waals surface area contributed by atoms with Crippen molar-refractivity contribution in [3.63, 3.8) is 0 Å². The van der Waals surface area contributed by atoms with Gasteiger partial charge in [-0.15, -0.1) is 0 Å². The zero-order valence-electron chi connectivity index (χ0n) is 24.3. The highest BCUT2D eigenvalue weighted by Gasteiger charge is 2.31. The highest BCUT2D eigenvalue weighted by atomic mass is 35.5. The monoisotopic (exact) mass is 644 g/mol. The SMILES string of the molecule is FC1CNC1.Nc1nc(Cl)c2ncn([C@H]3C=C[C@@H](CO)C3)c2n1.Nc1nc(N2CC(F)C2)c2ncn([C@H]3C=C[C@@H](CO)C3)c2n1. The molecule has 8 rings (SSSR count). The van der Waals surface area contributed by atoms with Crippen LogP contribution in [0.3, 0.4) is 0 Å². The van der Waals surface area contributed by atoms with Gasteiger partial charge < -0.3 is 41.0 Å². The van der Waals surface area contributed by atoms with Gasteiger partial charge in [0.05, 0.1) is 37.8 Å². The van der Waals surface area contributed by atoms with Crippen molar-refractivity contribution in [1.82, 2.24) is 44.4 Å². The van der Waals surface area contributed by atoms with Crippen molar-refractivity contribution < 1.29 is 19.0 Å². The normalized spacial score (nSPS) is 24.3. The molecule has 14 nitrogen and oxygen atoms in total. The summed E-state index contributed by atoms with van der Waals surface area (Å²) in [5.41, 5.74) is 13.9. The molecule has 2 aliphatic heterocycles. The number of nitrogens with zero attached hydrogens (tertiary/aromatic N) is 9. The summed E-state index contributed by atoms with van der Waals surface area (Å²) in [4.78, 5) is 27.0. The van der Waals surface area contributed by atoms with E-state index in [1.54, 1.807) is 12.7 Å².